The summed E-state index contributed by atoms with van der Waals surface area (Å²) >= 11 is 5.08. The number of rotatable bonds is 6. The van der Waals surface area contributed by atoms with Gasteiger partial charge in [-0.3, -0.25) is 5.10 Å². The van der Waals surface area contributed by atoms with E-state index in [9.17, 15) is 0 Å². The van der Waals surface area contributed by atoms with E-state index in [-0.39, 0.29) is 6.04 Å². The van der Waals surface area contributed by atoms with Gasteiger partial charge in [0.2, 0.25) is 5.13 Å². The number of nitrogens with one attached hydrogen (secondary N) is 2. The highest BCUT2D eigenvalue weighted by Gasteiger charge is 2.10. The first kappa shape index (κ1) is 17.1. The molecular formula is C18H17BrN6S. The quantitative estimate of drug-likeness (QED) is 0.433. The second-order valence-electron chi connectivity index (χ2n) is 6.02. The molecule has 26 heavy (non-hydrogen) atoms. The van der Waals surface area contributed by atoms with Gasteiger partial charge in [-0.15, -0.1) is 10.2 Å². The van der Waals surface area contributed by atoms with Crippen LogP contribution in [-0.4, -0.2) is 33.0 Å². The third-order valence-corrected chi connectivity index (χ3v) is 5.77. The zero-order valence-corrected chi connectivity index (χ0v) is 16.2. The van der Waals surface area contributed by atoms with Crippen molar-refractivity contribution in [3.8, 4) is 10.6 Å². The summed E-state index contributed by atoms with van der Waals surface area (Å²) < 4.78 is 1.09. The molecule has 2 aromatic carbocycles. The highest BCUT2D eigenvalue weighted by atomic mass is 79.9. The first-order chi connectivity index (χ1) is 12.7. The minimum Gasteiger partial charge on any atom is -0.359 e. The highest BCUT2D eigenvalue weighted by molar-refractivity contribution is 9.10. The molecule has 132 valence electrons. The van der Waals surface area contributed by atoms with Crippen LogP contribution in [0.15, 0.2) is 53.1 Å². The van der Waals surface area contributed by atoms with Gasteiger partial charge < -0.3 is 11.1 Å². The predicted molar refractivity (Wildman–Crippen MR) is 109 cm³/mol. The van der Waals surface area contributed by atoms with E-state index in [2.05, 4.69) is 53.8 Å². The van der Waals surface area contributed by atoms with Crippen LogP contribution < -0.4 is 11.1 Å². The van der Waals surface area contributed by atoms with Crippen molar-refractivity contribution in [3.05, 3.63) is 58.7 Å². The number of hydrogen-bond acceptors (Lipinski definition) is 6. The molecule has 0 amide bonds. The number of H-pyrrole nitrogens is 1. The van der Waals surface area contributed by atoms with Gasteiger partial charge in [0.25, 0.3) is 0 Å². The number of nitrogens with zero attached hydrogens (tertiary/aromatic N) is 3. The lowest BCUT2D eigenvalue weighted by Crippen LogP contribution is -2.31. The molecule has 4 aromatic rings. The Bertz CT molecular complexity index is 1030. The summed E-state index contributed by atoms with van der Waals surface area (Å²) in [6.07, 6.45) is 2.59. The molecule has 6 nitrogen and oxygen atoms in total. The average Bonchev–Trinajstić information content (AvgIpc) is 3.30. The van der Waals surface area contributed by atoms with Crippen LogP contribution in [0.4, 0.5) is 5.13 Å². The second-order valence-corrected chi connectivity index (χ2v) is 7.85. The molecule has 4 N–H and O–H groups in total. The van der Waals surface area contributed by atoms with Crippen molar-refractivity contribution in [1.29, 1.82) is 0 Å². The van der Waals surface area contributed by atoms with Crippen molar-refractivity contribution in [2.24, 2.45) is 5.73 Å². The lowest BCUT2D eigenvalue weighted by molar-refractivity contribution is 0.696. The summed E-state index contributed by atoms with van der Waals surface area (Å²) in [5, 5.41) is 21.5. The monoisotopic (exact) mass is 428 g/mol. The van der Waals surface area contributed by atoms with Crippen molar-refractivity contribution in [3.63, 3.8) is 0 Å². The Morgan fingerprint density at radius 2 is 2.08 bits per heavy atom. The Kier molecular flexibility index (Phi) is 4.96. The number of benzene rings is 2. The zero-order chi connectivity index (χ0) is 17.9. The van der Waals surface area contributed by atoms with E-state index in [1.165, 1.54) is 16.9 Å². The largest absolute Gasteiger partial charge is 0.359 e. The van der Waals surface area contributed by atoms with Gasteiger partial charge in [0, 0.05) is 28.0 Å². The van der Waals surface area contributed by atoms with E-state index in [0.29, 0.717) is 6.54 Å². The summed E-state index contributed by atoms with van der Waals surface area (Å²) in [6.45, 7) is 0.636. The van der Waals surface area contributed by atoms with Gasteiger partial charge >= 0.3 is 0 Å². The molecule has 8 heteroatoms. The van der Waals surface area contributed by atoms with Crippen LogP contribution in [0.1, 0.15) is 5.56 Å². The number of nitrogens with two attached hydrogens (primary N) is 1. The van der Waals surface area contributed by atoms with Gasteiger partial charge in [-0.25, -0.2) is 0 Å². The average molecular weight is 429 g/mol. The molecule has 0 saturated carbocycles. The molecule has 0 aliphatic heterocycles. The Balaban J connectivity index is 1.39. The SMILES string of the molecule is N[C@@H](CNc1nnc(-c2ccc3[nH]ncc3c2)s1)Cc1ccccc1Br. The van der Waals surface area contributed by atoms with E-state index in [1.807, 2.05) is 30.3 Å². The van der Waals surface area contributed by atoms with Crippen LogP contribution in [-0.2, 0) is 6.42 Å². The summed E-state index contributed by atoms with van der Waals surface area (Å²) in [7, 11) is 0. The van der Waals surface area contributed by atoms with Gasteiger partial charge in [-0.2, -0.15) is 5.10 Å². The molecule has 0 saturated heterocycles. The van der Waals surface area contributed by atoms with Crippen LogP contribution >= 0.6 is 27.3 Å². The second kappa shape index (κ2) is 7.53. The molecule has 0 unspecified atom stereocenters. The summed E-state index contributed by atoms with van der Waals surface area (Å²) in [5.74, 6) is 0. The van der Waals surface area contributed by atoms with Crippen LogP contribution in [0.25, 0.3) is 21.5 Å². The fourth-order valence-corrected chi connectivity index (χ4v) is 3.92. The van der Waals surface area contributed by atoms with Gasteiger partial charge in [0.15, 0.2) is 0 Å². The standard InChI is InChI=1S/C18H17BrN6S/c19-15-4-2-1-3-11(15)8-14(20)10-21-18-25-24-17(26-18)12-5-6-16-13(7-12)9-22-23-16/h1-7,9,14H,8,10,20H2,(H,21,25)(H,22,23)/t14-/m1/s1. The van der Waals surface area contributed by atoms with Gasteiger partial charge in [0.05, 0.1) is 11.7 Å². The van der Waals surface area contributed by atoms with Crippen molar-refractivity contribution in [1.82, 2.24) is 20.4 Å². The van der Waals surface area contributed by atoms with E-state index >= 15 is 0 Å². The number of anilines is 1. The van der Waals surface area contributed by atoms with E-state index in [0.717, 1.165) is 37.5 Å². The Hall–Kier alpha value is -2.29. The minimum absolute atomic E-state index is 0.0108. The molecule has 0 fully saturated rings. The number of hydrogen-bond donors (Lipinski definition) is 3. The normalized spacial score (nSPS) is 12.4. The molecule has 2 heterocycles. The Labute approximate surface area is 163 Å². The molecule has 0 radical (unpaired) electrons. The molecule has 0 bridgehead atoms. The smallest absolute Gasteiger partial charge is 0.206 e. The fraction of sp³-hybridized carbons (Fsp3) is 0.167. The third-order valence-electron chi connectivity index (χ3n) is 4.07. The third kappa shape index (κ3) is 3.77. The number of aromatic amines is 1. The molecule has 4 rings (SSSR count). The Morgan fingerprint density at radius 1 is 1.19 bits per heavy atom. The van der Waals surface area contributed by atoms with Crippen LogP contribution in [0.2, 0.25) is 0 Å². The van der Waals surface area contributed by atoms with Gasteiger partial charge in [0.1, 0.15) is 5.01 Å². The van der Waals surface area contributed by atoms with Crippen LogP contribution in [0, 0.1) is 0 Å². The topological polar surface area (TPSA) is 92.5 Å². The molecular weight excluding hydrogens is 412 g/mol. The summed E-state index contributed by atoms with van der Waals surface area (Å²) in [5.41, 5.74) is 9.49. The first-order valence-corrected chi connectivity index (χ1v) is 9.80. The lowest BCUT2D eigenvalue weighted by atomic mass is 10.1. The number of aromatic nitrogens is 4. The lowest BCUT2D eigenvalue weighted by Gasteiger charge is -2.13. The van der Waals surface area contributed by atoms with Crippen molar-refractivity contribution in [2.75, 3.05) is 11.9 Å². The van der Waals surface area contributed by atoms with Gasteiger partial charge in [-0.05, 0) is 36.2 Å². The molecule has 0 aliphatic carbocycles. The van der Waals surface area contributed by atoms with Crippen LogP contribution in [0.3, 0.4) is 0 Å². The number of fused-ring (bicyclic) bond motifs is 1. The molecule has 0 spiro atoms. The van der Waals surface area contributed by atoms with Crippen molar-refractivity contribution < 1.29 is 0 Å². The molecule has 2 aromatic heterocycles. The van der Waals surface area contributed by atoms with Crippen molar-refractivity contribution >= 4 is 43.3 Å². The summed E-state index contributed by atoms with van der Waals surface area (Å²) in [6, 6.07) is 14.2. The predicted octanol–water partition coefficient (Wildman–Crippen LogP) is 3.83. The molecule has 0 aliphatic rings. The number of halogens is 1. The van der Waals surface area contributed by atoms with E-state index in [4.69, 9.17) is 5.73 Å². The fourth-order valence-electron chi connectivity index (χ4n) is 2.72. The maximum atomic E-state index is 6.25. The maximum Gasteiger partial charge on any atom is 0.206 e. The van der Waals surface area contributed by atoms with Crippen LogP contribution in [0.5, 0.6) is 0 Å². The van der Waals surface area contributed by atoms with E-state index < -0.39 is 0 Å². The first-order valence-electron chi connectivity index (χ1n) is 8.19. The molecule has 1 atom stereocenters. The summed E-state index contributed by atoms with van der Waals surface area (Å²) in [4.78, 5) is 0. The van der Waals surface area contributed by atoms with E-state index in [1.54, 1.807) is 6.20 Å². The maximum absolute atomic E-state index is 6.25. The van der Waals surface area contributed by atoms with Gasteiger partial charge in [-0.1, -0.05) is 45.5 Å². The Morgan fingerprint density at radius 3 is 2.96 bits per heavy atom. The highest BCUT2D eigenvalue weighted by Crippen LogP contribution is 2.28. The zero-order valence-electron chi connectivity index (χ0n) is 13.8. The van der Waals surface area contributed by atoms with Crippen molar-refractivity contribution in [2.45, 2.75) is 12.5 Å². The minimum atomic E-state index is -0.0108.